The van der Waals surface area contributed by atoms with Crippen molar-refractivity contribution in [2.24, 2.45) is 0 Å². The smallest absolute Gasteiger partial charge is 0.302 e. The summed E-state index contributed by atoms with van der Waals surface area (Å²) in [4.78, 5) is 12.6. The predicted molar refractivity (Wildman–Crippen MR) is 78.0 cm³/mol. The van der Waals surface area contributed by atoms with Gasteiger partial charge in [-0.25, -0.2) is 0 Å². The monoisotopic (exact) mass is 282 g/mol. The van der Waals surface area contributed by atoms with Crippen molar-refractivity contribution in [3.63, 3.8) is 0 Å². The Morgan fingerprint density at radius 3 is 2.48 bits per heavy atom. The summed E-state index contributed by atoms with van der Waals surface area (Å²) in [6.07, 6.45) is 0. The van der Waals surface area contributed by atoms with E-state index in [1.165, 1.54) is 12.1 Å². The lowest BCUT2D eigenvalue weighted by Crippen LogP contribution is -2.00. The average Bonchev–Trinajstić information content (AvgIpc) is 2.84. The first-order valence-corrected chi connectivity index (χ1v) is 6.33. The van der Waals surface area contributed by atoms with Crippen LogP contribution in [0.5, 0.6) is 11.5 Å². The first-order valence-electron chi connectivity index (χ1n) is 6.33. The zero-order valence-corrected chi connectivity index (χ0v) is 11.0. The highest BCUT2D eigenvalue weighted by Crippen LogP contribution is 2.31. The summed E-state index contributed by atoms with van der Waals surface area (Å²) >= 11 is 0. The molecule has 5 heteroatoms. The van der Waals surface area contributed by atoms with Gasteiger partial charge in [0.1, 0.15) is 28.1 Å². The van der Waals surface area contributed by atoms with Gasteiger partial charge < -0.3 is 18.7 Å². The van der Waals surface area contributed by atoms with E-state index >= 15 is 0 Å². The highest BCUT2D eigenvalue weighted by atomic mass is 16.5. The maximum Gasteiger partial charge on any atom is 0.302 e. The molecule has 0 spiro atoms. The SMILES string of the molecule is COc1ccc2c(=O)c3c(oc2c1)oc1cc(O)ccc13. The van der Waals surface area contributed by atoms with Crippen molar-refractivity contribution >= 4 is 33.1 Å². The summed E-state index contributed by atoms with van der Waals surface area (Å²) in [6, 6.07) is 9.62. The topological polar surface area (TPSA) is 72.8 Å². The van der Waals surface area contributed by atoms with Crippen LogP contribution in [0, 0.1) is 0 Å². The molecule has 1 N–H and O–H groups in total. The number of phenols is 1. The van der Waals surface area contributed by atoms with E-state index in [9.17, 15) is 9.90 Å². The molecule has 2 heterocycles. The van der Waals surface area contributed by atoms with Crippen molar-refractivity contribution in [2.75, 3.05) is 7.11 Å². The van der Waals surface area contributed by atoms with Crippen molar-refractivity contribution in [1.29, 1.82) is 0 Å². The van der Waals surface area contributed by atoms with Crippen molar-refractivity contribution in [3.8, 4) is 11.5 Å². The zero-order chi connectivity index (χ0) is 14.6. The molecule has 0 unspecified atom stereocenters. The number of benzene rings is 2. The summed E-state index contributed by atoms with van der Waals surface area (Å²) in [6.45, 7) is 0. The normalized spacial score (nSPS) is 11.5. The van der Waals surface area contributed by atoms with Crippen LogP contribution in [-0.4, -0.2) is 12.2 Å². The molecule has 0 saturated carbocycles. The van der Waals surface area contributed by atoms with Crippen LogP contribution in [0.3, 0.4) is 0 Å². The number of ether oxygens (including phenoxy) is 1. The van der Waals surface area contributed by atoms with Crippen LogP contribution >= 0.6 is 0 Å². The van der Waals surface area contributed by atoms with Gasteiger partial charge in [-0.05, 0) is 24.3 Å². The van der Waals surface area contributed by atoms with Crippen molar-refractivity contribution < 1.29 is 18.7 Å². The molecule has 0 fully saturated rings. The van der Waals surface area contributed by atoms with Crippen LogP contribution < -0.4 is 10.2 Å². The molecule has 5 nitrogen and oxygen atoms in total. The fraction of sp³-hybridized carbons (Fsp3) is 0.0625. The number of hydrogen-bond acceptors (Lipinski definition) is 5. The van der Waals surface area contributed by atoms with Gasteiger partial charge in [-0.3, -0.25) is 4.79 Å². The van der Waals surface area contributed by atoms with Gasteiger partial charge in [0.25, 0.3) is 0 Å². The van der Waals surface area contributed by atoms with Gasteiger partial charge in [0.2, 0.25) is 5.43 Å². The Labute approximate surface area is 118 Å². The molecular formula is C16H10O5. The van der Waals surface area contributed by atoms with Crippen LogP contribution in [0.4, 0.5) is 0 Å². The van der Waals surface area contributed by atoms with Crippen molar-refractivity contribution in [3.05, 3.63) is 46.6 Å². The number of methoxy groups -OCH3 is 1. The Morgan fingerprint density at radius 1 is 1.00 bits per heavy atom. The first kappa shape index (κ1) is 11.8. The third-order valence-electron chi connectivity index (χ3n) is 3.50. The van der Waals surface area contributed by atoms with Gasteiger partial charge in [-0.1, -0.05) is 0 Å². The minimum atomic E-state index is -0.168. The third kappa shape index (κ3) is 1.61. The zero-order valence-electron chi connectivity index (χ0n) is 11.0. The molecule has 4 rings (SSSR count). The van der Waals surface area contributed by atoms with Gasteiger partial charge in [0, 0.05) is 17.5 Å². The van der Waals surface area contributed by atoms with E-state index in [0.717, 1.165) is 0 Å². The van der Waals surface area contributed by atoms with Crippen molar-refractivity contribution in [1.82, 2.24) is 0 Å². The molecule has 0 aliphatic rings. The maximum absolute atomic E-state index is 12.6. The summed E-state index contributed by atoms with van der Waals surface area (Å²) in [5.41, 5.74) is 0.640. The van der Waals surface area contributed by atoms with E-state index in [1.807, 2.05) is 0 Å². The van der Waals surface area contributed by atoms with E-state index in [-0.39, 0.29) is 17.0 Å². The minimum absolute atomic E-state index is 0.0697. The van der Waals surface area contributed by atoms with Gasteiger partial charge >= 0.3 is 5.78 Å². The van der Waals surface area contributed by atoms with Crippen LogP contribution in [0.15, 0.2) is 50.0 Å². The van der Waals surface area contributed by atoms with Gasteiger partial charge in [0.15, 0.2) is 0 Å². The number of phenolic OH excluding ortho intramolecular Hbond substituents is 1. The molecule has 104 valence electrons. The molecule has 0 amide bonds. The van der Waals surface area contributed by atoms with Gasteiger partial charge in [-0.2, -0.15) is 0 Å². The molecule has 0 radical (unpaired) electrons. The van der Waals surface area contributed by atoms with Gasteiger partial charge in [-0.15, -0.1) is 0 Å². The van der Waals surface area contributed by atoms with Crippen LogP contribution in [0.2, 0.25) is 0 Å². The predicted octanol–water partition coefficient (Wildman–Crippen LogP) is 3.41. The Hall–Kier alpha value is -2.95. The number of hydrogen-bond donors (Lipinski definition) is 1. The summed E-state index contributed by atoms with van der Waals surface area (Å²) in [5, 5.41) is 11.0. The third-order valence-corrected chi connectivity index (χ3v) is 3.50. The summed E-state index contributed by atoms with van der Waals surface area (Å²) in [7, 11) is 1.54. The highest BCUT2D eigenvalue weighted by molar-refractivity contribution is 6.06. The number of furan rings is 1. The number of fused-ring (bicyclic) bond motifs is 4. The van der Waals surface area contributed by atoms with Crippen LogP contribution in [-0.2, 0) is 0 Å². The van der Waals surface area contributed by atoms with E-state index in [1.54, 1.807) is 31.4 Å². The maximum atomic E-state index is 12.6. The second-order valence-electron chi connectivity index (χ2n) is 4.74. The van der Waals surface area contributed by atoms with E-state index in [2.05, 4.69) is 0 Å². The average molecular weight is 282 g/mol. The lowest BCUT2D eigenvalue weighted by atomic mass is 10.1. The highest BCUT2D eigenvalue weighted by Gasteiger charge is 2.16. The molecule has 4 aromatic rings. The lowest BCUT2D eigenvalue weighted by molar-refractivity contribution is 0.414. The Balaban J connectivity index is 2.22. The van der Waals surface area contributed by atoms with Crippen LogP contribution in [0.25, 0.3) is 33.1 Å². The molecule has 2 aromatic heterocycles. The van der Waals surface area contributed by atoms with Gasteiger partial charge in [0.05, 0.1) is 12.5 Å². The summed E-state index contributed by atoms with van der Waals surface area (Å²) < 4.78 is 16.3. The molecule has 0 bridgehead atoms. The fourth-order valence-electron chi connectivity index (χ4n) is 2.49. The van der Waals surface area contributed by atoms with E-state index < -0.39 is 0 Å². The second kappa shape index (κ2) is 4.02. The molecule has 21 heavy (non-hydrogen) atoms. The molecule has 0 aliphatic carbocycles. The Kier molecular flexibility index (Phi) is 2.27. The lowest BCUT2D eigenvalue weighted by Gasteiger charge is -2.00. The van der Waals surface area contributed by atoms with Crippen molar-refractivity contribution in [2.45, 2.75) is 0 Å². The Bertz CT molecular complexity index is 1060. The molecular weight excluding hydrogens is 272 g/mol. The minimum Gasteiger partial charge on any atom is -0.508 e. The quantitative estimate of drug-likeness (QED) is 0.579. The Morgan fingerprint density at radius 2 is 1.71 bits per heavy atom. The van der Waals surface area contributed by atoms with Crippen LogP contribution in [0.1, 0.15) is 0 Å². The standard InChI is InChI=1S/C16H10O5/c1-19-9-3-5-11-13(7-9)21-16-14(15(11)18)10-4-2-8(17)6-12(10)20-16/h2-7,17H,1H3. The van der Waals surface area contributed by atoms with E-state index in [4.69, 9.17) is 13.6 Å². The summed E-state index contributed by atoms with van der Waals surface area (Å²) in [5.74, 6) is 0.806. The molecule has 0 aliphatic heterocycles. The fourth-order valence-corrected chi connectivity index (χ4v) is 2.49. The largest absolute Gasteiger partial charge is 0.508 e. The molecule has 2 aromatic carbocycles. The number of rotatable bonds is 1. The molecule has 0 saturated heterocycles. The van der Waals surface area contributed by atoms with E-state index in [0.29, 0.717) is 33.1 Å². The number of aromatic hydroxyl groups is 1. The second-order valence-corrected chi connectivity index (χ2v) is 4.74. The first-order chi connectivity index (χ1) is 10.2. The molecule has 0 atom stereocenters.